The SMILES string of the molecule is C[C@H](NCC(=O)NC(=O)NCC(F)(F)F)c1cccc(Cl)c1. The molecule has 0 unspecified atom stereocenters. The Kier molecular flexibility index (Phi) is 6.63. The maximum Gasteiger partial charge on any atom is 0.405 e. The number of amides is 3. The number of halogens is 4. The second kappa shape index (κ2) is 8.00. The molecule has 3 N–H and O–H groups in total. The van der Waals surface area contributed by atoms with Gasteiger partial charge in [0.05, 0.1) is 6.54 Å². The Balaban J connectivity index is 2.35. The van der Waals surface area contributed by atoms with Gasteiger partial charge in [-0.15, -0.1) is 0 Å². The van der Waals surface area contributed by atoms with E-state index in [1.54, 1.807) is 36.5 Å². The van der Waals surface area contributed by atoms with Crippen molar-refractivity contribution in [1.29, 1.82) is 0 Å². The highest BCUT2D eigenvalue weighted by Crippen LogP contribution is 2.16. The number of imide groups is 1. The molecule has 0 aliphatic carbocycles. The largest absolute Gasteiger partial charge is 0.405 e. The van der Waals surface area contributed by atoms with Crippen LogP contribution < -0.4 is 16.0 Å². The van der Waals surface area contributed by atoms with Crippen LogP contribution in [-0.2, 0) is 4.79 Å². The molecule has 3 amide bonds. The third-order valence-electron chi connectivity index (χ3n) is 2.62. The Morgan fingerprint density at radius 3 is 2.59 bits per heavy atom. The van der Waals surface area contributed by atoms with E-state index in [0.717, 1.165) is 5.56 Å². The molecule has 0 saturated heterocycles. The normalized spacial score (nSPS) is 12.6. The van der Waals surface area contributed by atoms with Crippen LogP contribution in [0.3, 0.4) is 0 Å². The molecule has 0 fully saturated rings. The number of carbonyl (C=O) groups excluding carboxylic acids is 2. The number of urea groups is 1. The zero-order valence-electron chi connectivity index (χ0n) is 11.6. The second-order valence-electron chi connectivity index (χ2n) is 4.50. The lowest BCUT2D eigenvalue weighted by molar-refractivity contribution is -0.124. The fourth-order valence-electron chi connectivity index (χ4n) is 1.54. The van der Waals surface area contributed by atoms with Crippen molar-refractivity contribution >= 4 is 23.5 Å². The smallest absolute Gasteiger partial charge is 0.329 e. The van der Waals surface area contributed by atoms with Gasteiger partial charge < -0.3 is 10.6 Å². The summed E-state index contributed by atoms with van der Waals surface area (Å²) in [4.78, 5) is 22.5. The first-order valence-corrected chi connectivity index (χ1v) is 6.68. The van der Waals surface area contributed by atoms with Crippen molar-refractivity contribution < 1.29 is 22.8 Å². The number of benzene rings is 1. The van der Waals surface area contributed by atoms with E-state index < -0.39 is 24.7 Å². The molecular formula is C13H15ClF3N3O2. The molecular weight excluding hydrogens is 323 g/mol. The first-order valence-electron chi connectivity index (χ1n) is 6.30. The summed E-state index contributed by atoms with van der Waals surface area (Å²) in [5, 5.41) is 6.71. The van der Waals surface area contributed by atoms with E-state index in [-0.39, 0.29) is 12.6 Å². The molecule has 1 atom stereocenters. The Morgan fingerprint density at radius 2 is 2.00 bits per heavy atom. The highest BCUT2D eigenvalue weighted by Gasteiger charge is 2.27. The molecule has 9 heteroatoms. The van der Waals surface area contributed by atoms with Crippen LogP contribution in [0.5, 0.6) is 0 Å². The number of rotatable bonds is 5. The number of alkyl halides is 3. The molecule has 22 heavy (non-hydrogen) atoms. The molecule has 0 heterocycles. The van der Waals surface area contributed by atoms with Crippen molar-refractivity contribution in [3.63, 3.8) is 0 Å². The fraction of sp³-hybridized carbons (Fsp3) is 0.385. The minimum Gasteiger partial charge on any atom is -0.329 e. The average molecular weight is 338 g/mol. The van der Waals surface area contributed by atoms with Crippen LogP contribution in [0, 0.1) is 0 Å². The van der Waals surface area contributed by atoms with E-state index in [0.29, 0.717) is 5.02 Å². The quantitative estimate of drug-likeness (QED) is 0.772. The van der Waals surface area contributed by atoms with Gasteiger partial charge in [0.25, 0.3) is 0 Å². The summed E-state index contributed by atoms with van der Waals surface area (Å²) in [5.41, 5.74) is 0.835. The van der Waals surface area contributed by atoms with Gasteiger partial charge in [-0.3, -0.25) is 10.1 Å². The molecule has 0 spiro atoms. The summed E-state index contributed by atoms with van der Waals surface area (Å²) in [5.74, 6) is -0.742. The number of carbonyl (C=O) groups is 2. The monoisotopic (exact) mass is 337 g/mol. The molecule has 1 aromatic carbocycles. The van der Waals surface area contributed by atoms with Gasteiger partial charge in [-0.1, -0.05) is 23.7 Å². The lowest BCUT2D eigenvalue weighted by Crippen LogP contribution is -2.46. The zero-order valence-corrected chi connectivity index (χ0v) is 12.4. The van der Waals surface area contributed by atoms with E-state index in [1.807, 2.05) is 0 Å². The predicted molar refractivity (Wildman–Crippen MR) is 75.5 cm³/mol. The van der Waals surface area contributed by atoms with Gasteiger partial charge in [-0.05, 0) is 24.6 Å². The third-order valence-corrected chi connectivity index (χ3v) is 2.85. The predicted octanol–water partition coefficient (Wildman–Crippen LogP) is 2.38. The molecule has 0 aliphatic heterocycles. The van der Waals surface area contributed by atoms with Crippen LogP contribution in [-0.4, -0.2) is 31.2 Å². The molecule has 1 rings (SSSR count). The van der Waals surface area contributed by atoms with Gasteiger partial charge in [0.1, 0.15) is 6.54 Å². The average Bonchev–Trinajstić information content (AvgIpc) is 2.42. The molecule has 5 nitrogen and oxygen atoms in total. The highest BCUT2D eigenvalue weighted by molar-refractivity contribution is 6.30. The van der Waals surface area contributed by atoms with Crippen LogP contribution in [0.1, 0.15) is 18.5 Å². The van der Waals surface area contributed by atoms with Crippen LogP contribution >= 0.6 is 11.6 Å². The lowest BCUT2D eigenvalue weighted by Gasteiger charge is -2.14. The fourth-order valence-corrected chi connectivity index (χ4v) is 1.73. The molecule has 1 aromatic rings. The van der Waals surface area contributed by atoms with Crippen molar-refractivity contribution in [2.45, 2.75) is 19.1 Å². The number of hydrogen-bond acceptors (Lipinski definition) is 3. The van der Waals surface area contributed by atoms with Gasteiger partial charge >= 0.3 is 12.2 Å². The Bertz CT molecular complexity index is 538. The maximum atomic E-state index is 11.9. The van der Waals surface area contributed by atoms with Crippen molar-refractivity contribution in [3.05, 3.63) is 34.9 Å². The minimum absolute atomic E-state index is 0.220. The Labute approximate surface area is 130 Å². The maximum absolute atomic E-state index is 11.9. The summed E-state index contributed by atoms with van der Waals surface area (Å²) in [6, 6.07) is 5.56. The van der Waals surface area contributed by atoms with Crippen molar-refractivity contribution in [3.8, 4) is 0 Å². The van der Waals surface area contributed by atoms with E-state index in [9.17, 15) is 22.8 Å². The van der Waals surface area contributed by atoms with E-state index in [1.165, 1.54) is 5.32 Å². The molecule has 0 aliphatic rings. The van der Waals surface area contributed by atoms with Gasteiger partial charge in [0, 0.05) is 11.1 Å². The van der Waals surface area contributed by atoms with Crippen LogP contribution in [0.15, 0.2) is 24.3 Å². The lowest BCUT2D eigenvalue weighted by atomic mass is 10.1. The standard InChI is InChI=1S/C13H15ClF3N3O2/c1-8(9-3-2-4-10(14)5-9)18-6-11(21)20-12(22)19-7-13(15,16)17/h2-5,8,18H,6-7H2,1H3,(H2,19,20,21,22)/t8-/m0/s1. The van der Waals surface area contributed by atoms with Gasteiger partial charge in [-0.2, -0.15) is 13.2 Å². The van der Waals surface area contributed by atoms with Crippen LogP contribution in [0.4, 0.5) is 18.0 Å². The minimum atomic E-state index is -4.53. The summed E-state index contributed by atoms with van der Waals surface area (Å²) >= 11 is 5.84. The van der Waals surface area contributed by atoms with Crippen molar-refractivity contribution in [1.82, 2.24) is 16.0 Å². The summed E-state index contributed by atoms with van der Waals surface area (Å²) < 4.78 is 35.6. The highest BCUT2D eigenvalue weighted by atomic mass is 35.5. The Hall–Kier alpha value is -1.80. The van der Waals surface area contributed by atoms with Gasteiger partial charge in [-0.25, -0.2) is 4.79 Å². The van der Waals surface area contributed by atoms with Crippen molar-refractivity contribution in [2.24, 2.45) is 0 Å². The Morgan fingerprint density at radius 1 is 1.32 bits per heavy atom. The number of hydrogen-bond donors (Lipinski definition) is 3. The van der Waals surface area contributed by atoms with Crippen LogP contribution in [0.25, 0.3) is 0 Å². The third kappa shape index (κ3) is 7.28. The number of nitrogens with one attached hydrogen (secondary N) is 3. The topological polar surface area (TPSA) is 70.2 Å². The second-order valence-corrected chi connectivity index (χ2v) is 4.94. The molecule has 0 radical (unpaired) electrons. The molecule has 122 valence electrons. The molecule has 0 saturated carbocycles. The van der Waals surface area contributed by atoms with Crippen LogP contribution in [0.2, 0.25) is 5.02 Å². The van der Waals surface area contributed by atoms with Gasteiger partial charge in [0.2, 0.25) is 5.91 Å². The summed E-state index contributed by atoms with van der Waals surface area (Å²) in [6.07, 6.45) is -4.53. The summed E-state index contributed by atoms with van der Waals surface area (Å²) in [6.45, 7) is 0.0498. The summed E-state index contributed by atoms with van der Waals surface area (Å²) in [7, 11) is 0. The molecule has 0 aromatic heterocycles. The zero-order chi connectivity index (χ0) is 16.8. The van der Waals surface area contributed by atoms with E-state index in [2.05, 4.69) is 5.32 Å². The first-order chi connectivity index (χ1) is 10.2. The van der Waals surface area contributed by atoms with E-state index in [4.69, 9.17) is 11.6 Å². The van der Waals surface area contributed by atoms with Crippen molar-refractivity contribution in [2.75, 3.05) is 13.1 Å². The molecule has 0 bridgehead atoms. The van der Waals surface area contributed by atoms with E-state index >= 15 is 0 Å². The first kappa shape index (κ1) is 18.2. The van der Waals surface area contributed by atoms with Gasteiger partial charge in [0.15, 0.2) is 0 Å².